The minimum Gasteiger partial charge on any atom is -0.545 e. The van der Waals surface area contributed by atoms with E-state index in [1.54, 1.807) is 0 Å². The van der Waals surface area contributed by atoms with Crippen molar-refractivity contribution in [1.29, 1.82) is 0 Å². The first kappa shape index (κ1) is 26.4. The van der Waals surface area contributed by atoms with Gasteiger partial charge < -0.3 is 27.9 Å². The van der Waals surface area contributed by atoms with E-state index in [1.165, 1.54) is 18.9 Å². The van der Waals surface area contributed by atoms with E-state index in [2.05, 4.69) is 0 Å². The van der Waals surface area contributed by atoms with Gasteiger partial charge in [0.25, 0.3) is 0 Å². The number of carboxylic acid groups (broad SMARTS) is 1. The van der Waals surface area contributed by atoms with Gasteiger partial charge in [-0.2, -0.15) is 0 Å². The van der Waals surface area contributed by atoms with Crippen LogP contribution in [0.15, 0.2) is 30.3 Å². The van der Waals surface area contributed by atoms with Gasteiger partial charge in [-0.05, 0) is 57.4 Å². The normalized spacial score (nSPS) is 11.8. The number of carbonyl (C=O) groups excluding carboxylic acids is 1. The van der Waals surface area contributed by atoms with Crippen molar-refractivity contribution in [3.63, 3.8) is 0 Å². The van der Waals surface area contributed by atoms with Crippen LogP contribution in [0.2, 0.25) is 6.04 Å². The van der Waals surface area contributed by atoms with Crippen molar-refractivity contribution in [1.82, 2.24) is 0 Å². The van der Waals surface area contributed by atoms with Gasteiger partial charge in [0, 0.05) is 25.9 Å². The van der Waals surface area contributed by atoms with Crippen molar-refractivity contribution in [2.45, 2.75) is 65.3 Å². The maximum atomic E-state index is 10.5. The van der Waals surface area contributed by atoms with E-state index in [9.17, 15) is 9.90 Å². The Morgan fingerprint density at radius 1 is 0.933 bits per heavy atom. The molecular formula is C23H37O6Si-. The summed E-state index contributed by atoms with van der Waals surface area (Å²) < 4.78 is 23.4. The van der Waals surface area contributed by atoms with Crippen LogP contribution in [0.4, 0.5) is 0 Å². The highest BCUT2D eigenvalue weighted by Gasteiger charge is 2.39. The van der Waals surface area contributed by atoms with Crippen LogP contribution in [0, 0.1) is 0 Å². The topological polar surface area (TPSA) is 77.1 Å². The molecule has 0 bridgehead atoms. The van der Waals surface area contributed by atoms with Crippen LogP contribution < -0.4 is 9.84 Å². The zero-order chi connectivity index (χ0) is 22.1. The average Bonchev–Trinajstić information content (AvgIpc) is 2.72. The third kappa shape index (κ3) is 11.5. The van der Waals surface area contributed by atoms with Gasteiger partial charge in [-0.1, -0.05) is 43.9 Å². The number of benzene rings is 1. The first-order valence-electron chi connectivity index (χ1n) is 11.1. The molecule has 0 aliphatic heterocycles. The fraction of sp³-hybridized carbons (Fsp3) is 0.609. The van der Waals surface area contributed by atoms with Crippen molar-refractivity contribution in [2.24, 2.45) is 0 Å². The van der Waals surface area contributed by atoms with Gasteiger partial charge in [0.15, 0.2) is 0 Å². The number of hydrogen-bond donors (Lipinski definition) is 0. The van der Waals surface area contributed by atoms with E-state index in [4.69, 9.17) is 18.0 Å². The molecule has 0 amide bonds. The van der Waals surface area contributed by atoms with Crippen molar-refractivity contribution in [2.75, 3.05) is 26.4 Å². The Labute approximate surface area is 182 Å². The molecule has 0 radical (unpaired) electrons. The molecule has 0 atom stereocenters. The number of aliphatic carboxylic acids is 1. The number of carbonyl (C=O) groups is 1. The van der Waals surface area contributed by atoms with E-state index >= 15 is 0 Å². The molecule has 0 saturated carbocycles. The third-order valence-corrected chi connectivity index (χ3v) is 7.66. The van der Waals surface area contributed by atoms with Crippen LogP contribution in [0.25, 0.3) is 6.08 Å². The summed E-state index contributed by atoms with van der Waals surface area (Å²) in [6.45, 7) is 8.50. The van der Waals surface area contributed by atoms with Crippen molar-refractivity contribution >= 4 is 20.8 Å². The van der Waals surface area contributed by atoms with Gasteiger partial charge in [0.05, 0.1) is 12.6 Å². The molecule has 170 valence electrons. The Hall–Kier alpha value is -1.67. The maximum absolute atomic E-state index is 10.5. The van der Waals surface area contributed by atoms with Crippen molar-refractivity contribution < 1.29 is 27.9 Å². The highest BCUT2D eigenvalue weighted by Crippen LogP contribution is 2.21. The number of unbranched alkanes of at least 4 members (excludes halogenated alkanes) is 5. The smallest absolute Gasteiger partial charge is 0.500 e. The lowest BCUT2D eigenvalue weighted by Gasteiger charge is -2.28. The van der Waals surface area contributed by atoms with Gasteiger partial charge in [-0.3, -0.25) is 0 Å². The Morgan fingerprint density at radius 2 is 1.53 bits per heavy atom. The summed E-state index contributed by atoms with van der Waals surface area (Å²) >= 11 is 0. The first-order valence-corrected chi connectivity index (χ1v) is 13.0. The SMILES string of the molecule is CCO[Si](CCCCCCCCOc1cccc(/C=C/C(=O)[O-])c1)(OCC)OCC. The molecule has 1 aromatic rings. The fourth-order valence-corrected chi connectivity index (χ4v) is 5.90. The Kier molecular flexibility index (Phi) is 14.1. The van der Waals surface area contributed by atoms with Gasteiger partial charge in [-0.25, -0.2) is 0 Å². The standard InChI is InChI=1S/C23H38O6Si/c1-4-27-30(28-5-2,29-6-3)19-12-10-8-7-9-11-18-26-22-15-13-14-21(20-22)16-17-23(24)25/h13-17,20H,4-12,18-19H2,1-3H3,(H,24,25)/p-1/b17-16+. The first-order chi connectivity index (χ1) is 14.5. The van der Waals surface area contributed by atoms with E-state index in [-0.39, 0.29) is 0 Å². The summed E-state index contributed by atoms with van der Waals surface area (Å²) in [7, 11) is -2.49. The molecule has 0 aromatic heterocycles. The lowest BCUT2D eigenvalue weighted by atomic mass is 10.1. The molecular weight excluding hydrogens is 400 g/mol. The van der Waals surface area contributed by atoms with Crippen LogP contribution in [-0.2, 0) is 18.1 Å². The summed E-state index contributed by atoms with van der Waals surface area (Å²) in [5.74, 6) is -0.456. The van der Waals surface area contributed by atoms with Crippen LogP contribution in [-0.4, -0.2) is 41.2 Å². The summed E-state index contributed by atoms with van der Waals surface area (Å²) in [5, 5.41) is 10.5. The second kappa shape index (κ2) is 16.1. The maximum Gasteiger partial charge on any atom is 0.500 e. The molecule has 0 spiro atoms. The molecule has 1 rings (SSSR count). The Bertz CT molecular complexity index is 602. The van der Waals surface area contributed by atoms with Gasteiger partial charge in [-0.15, -0.1) is 0 Å². The molecule has 0 unspecified atom stereocenters. The van der Waals surface area contributed by atoms with E-state index in [0.29, 0.717) is 26.4 Å². The van der Waals surface area contributed by atoms with Crippen molar-refractivity contribution in [3.8, 4) is 5.75 Å². The molecule has 30 heavy (non-hydrogen) atoms. The summed E-state index contributed by atoms with van der Waals surface area (Å²) in [6, 6.07) is 8.26. The summed E-state index contributed by atoms with van der Waals surface area (Å²) in [5.41, 5.74) is 0.780. The molecule has 6 nitrogen and oxygen atoms in total. The average molecular weight is 438 g/mol. The van der Waals surface area contributed by atoms with Gasteiger partial charge >= 0.3 is 8.80 Å². The molecule has 0 aliphatic carbocycles. The Morgan fingerprint density at radius 3 is 2.13 bits per heavy atom. The lowest BCUT2D eigenvalue weighted by molar-refractivity contribution is -0.297. The molecule has 0 N–H and O–H groups in total. The van der Waals surface area contributed by atoms with Crippen molar-refractivity contribution in [3.05, 3.63) is 35.9 Å². The highest BCUT2D eigenvalue weighted by molar-refractivity contribution is 6.60. The largest absolute Gasteiger partial charge is 0.545 e. The fourth-order valence-electron chi connectivity index (χ4n) is 3.21. The number of rotatable bonds is 18. The van der Waals surface area contributed by atoms with E-state index in [0.717, 1.165) is 49.1 Å². The quantitative estimate of drug-likeness (QED) is 0.194. The molecule has 1 aromatic carbocycles. The second-order valence-electron chi connectivity index (χ2n) is 6.93. The predicted octanol–water partition coefficient (Wildman–Crippen LogP) is 4.22. The molecule has 0 aliphatic rings. The number of hydrogen-bond acceptors (Lipinski definition) is 6. The Balaban J connectivity index is 2.18. The number of carboxylic acids is 1. The van der Waals surface area contributed by atoms with Crippen LogP contribution in [0.5, 0.6) is 5.75 Å². The lowest BCUT2D eigenvalue weighted by Crippen LogP contribution is -2.45. The minimum absolute atomic E-state index is 0.627. The summed E-state index contributed by atoms with van der Waals surface area (Å²) in [6.07, 6.45) is 9.20. The van der Waals surface area contributed by atoms with E-state index in [1.807, 2.05) is 45.0 Å². The third-order valence-electron chi connectivity index (χ3n) is 4.51. The molecule has 0 saturated heterocycles. The zero-order valence-electron chi connectivity index (χ0n) is 18.7. The molecule has 0 heterocycles. The van der Waals surface area contributed by atoms with Gasteiger partial charge in [0.1, 0.15) is 5.75 Å². The van der Waals surface area contributed by atoms with Crippen LogP contribution in [0.1, 0.15) is 64.9 Å². The minimum atomic E-state index is -2.49. The highest BCUT2D eigenvalue weighted by atomic mass is 28.4. The van der Waals surface area contributed by atoms with Crippen LogP contribution >= 0.6 is 0 Å². The van der Waals surface area contributed by atoms with E-state index < -0.39 is 14.8 Å². The predicted molar refractivity (Wildman–Crippen MR) is 119 cm³/mol. The van der Waals surface area contributed by atoms with Gasteiger partial charge in [0.2, 0.25) is 0 Å². The molecule has 0 fully saturated rings. The monoisotopic (exact) mass is 437 g/mol. The molecule has 7 heteroatoms. The number of ether oxygens (including phenoxy) is 1. The summed E-state index contributed by atoms with van der Waals surface area (Å²) in [4.78, 5) is 10.5. The zero-order valence-corrected chi connectivity index (χ0v) is 19.7. The van der Waals surface area contributed by atoms with Crippen LogP contribution in [0.3, 0.4) is 0 Å². The second-order valence-corrected chi connectivity index (χ2v) is 9.66.